The van der Waals surface area contributed by atoms with Crippen LogP contribution >= 0.6 is 26.6 Å². The van der Waals surface area contributed by atoms with Crippen LogP contribution in [0.2, 0.25) is 0 Å². The minimum Gasteiger partial charge on any atom is -0.371 e. The first-order valence-corrected chi connectivity index (χ1v) is 8.05. The molecule has 1 heterocycles. The molecule has 0 amide bonds. The van der Waals surface area contributed by atoms with Gasteiger partial charge in [0.2, 0.25) is 0 Å². The molecule has 1 aromatic carbocycles. The fourth-order valence-corrected chi connectivity index (χ4v) is 4.21. The van der Waals surface area contributed by atoms with Crippen LogP contribution in [0.1, 0.15) is 12.5 Å². The minimum absolute atomic E-state index is 0.147. The molecule has 16 heavy (non-hydrogen) atoms. The Morgan fingerprint density at radius 3 is 2.75 bits per heavy atom. The van der Waals surface area contributed by atoms with Crippen molar-refractivity contribution in [2.75, 3.05) is 18.0 Å². The molecule has 0 aromatic heterocycles. The lowest BCUT2D eigenvalue weighted by Crippen LogP contribution is -2.19. The highest BCUT2D eigenvalue weighted by molar-refractivity contribution is 9.10. The van der Waals surface area contributed by atoms with E-state index in [0.29, 0.717) is 4.47 Å². The lowest BCUT2D eigenvalue weighted by Gasteiger charge is -2.17. The summed E-state index contributed by atoms with van der Waals surface area (Å²) < 4.78 is 23.3. The normalized spacial score (nSPS) is 15.3. The van der Waals surface area contributed by atoms with Gasteiger partial charge in [-0.3, -0.25) is 0 Å². The Labute approximate surface area is 108 Å². The van der Waals surface area contributed by atoms with Gasteiger partial charge in [-0.1, -0.05) is 0 Å². The number of fused-ring (bicyclic) bond motifs is 1. The van der Waals surface area contributed by atoms with Gasteiger partial charge in [-0.15, -0.1) is 0 Å². The van der Waals surface area contributed by atoms with Crippen molar-refractivity contribution in [2.24, 2.45) is 0 Å². The van der Waals surface area contributed by atoms with Gasteiger partial charge in [0.05, 0.1) is 4.90 Å². The second-order valence-electron chi connectivity index (χ2n) is 3.68. The van der Waals surface area contributed by atoms with Gasteiger partial charge < -0.3 is 4.90 Å². The molecule has 0 N–H and O–H groups in total. The molecule has 0 unspecified atom stereocenters. The number of hydrogen-bond donors (Lipinski definition) is 0. The number of benzene rings is 1. The predicted octanol–water partition coefficient (Wildman–Crippen LogP) is 2.76. The number of hydrogen-bond acceptors (Lipinski definition) is 3. The monoisotopic (exact) mass is 323 g/mol. The maximum absolute atomic E-state index is 11.4. The van der Waals surface area contributed by atoms with E-state index in [0.717, 1.165) is 30.8 Å². The van der Waals surface area contributed by atoms with Crippen LogP contribution in [-0.2, 0) is 15.5 Å². The first-order chi connectivity index (χ1) is 7.43. The van der Waals surface area contributed by atoms with Crippen LogP contribution in [0.25, 0.3) is 0 Å². The summed E-state index contributed by atoms with van der Waals surface area (Å²) in [6.45, 7) is 3.85. The Kier molecular flexibility index (Phi) is 3.20. The Balaban J connectivity index is 2.60. The van der Waals surface area contributed by atoms with Crippen molar-refractivity contribution >= 4 is 41.4 Å². The fourth-order valence-electron chi connectivity index (χ4n) is 1.97. The maximum atomic E-state index is 11.4. The molecule has 88 valence electrons. The second-order valence-corrected chi connectivity index (χ2v) is 7.07. The SMILES string of the molecule is CCN1CCc2cc(Br)c(S(=O)(=O)Cl)cc21. The summed E-state index contributed by atoms with van der Waals surface area (Å²) in [5.74, 6) is 0. The van der Waals surface area contributed by atoms with Crippen LogP contribution in [0, 0.1) is 0 Å². The predicted molar refractivity (Wildman–Crippen MR) is 68.8 cm³/mol. The summed E-state index contributed by atoms with van der Waals surface area (Å²) in [4.78, 5) is 2.29. The third-order valence-electron chi connectivity index (χ3n) is 2.77. The third-order valence-corrected chi connectivity index (χ3v) is 5.05. The number of halogens is 2. The average Bonchev–Trinajstić information content (AvgIpc) is 2.56. The van der Waals surface area contributed by atoms with Gasteiger partial charge in [-0.05, 0) is 47.0 Å². The summed E-state index contributed by atoms with van der Waals surface area (Å²) in [5.41, 5.74) is 2.14. The zero-order valence-corrected chi connectivity index (χ0v) is 11.9. The molecule has 0 spiro atoms. The lowest BCUT2D eigenvalue weighted by atomic mass is 10.2. The van der Waals surface area contributed by atoms with E-state index in [4.69, 9.17) is 10.7 Å². The maximum Gasteiger partial charge on any atom is 0.262 e. The molecule has 1 aliphatic heterocycles. The highest BCUT2D eigenvalue weighted by Gasteiger charge is 2.23. The van der Waals surface area contributed by atoms with E-state index < -0.39 is 9.05 Å². The summed E-state index contributed by atoms with van der Waals surface area (Å²) in [6.07, 6.45) is 0.949. The van der Waals surface area contributed by atoms with Crippen LogP contribution in [-0.4, -0.2) is 21.5 Å². The van der Waals surface area contributed by atoms with E-state index >= 15 is 0 Å². The van der Waals surface area contributed by atoms with Gasteiger partial charge in [0.15, 0.2) is 0 Å². The Hall–Kier alpha value is -0.260. The van der Waals surface area contributed by atoms with Crippen LogP contribution in [0.15, 0.2) is 21.5 Å². The van der Waals surface area contributed by atoms with Crippen LogP contribution in [0.3, 0.4) is 0 Å². The molecule has 0 fully saturated rings. The van der Waals surface area contributed by atoms with E-state index in [1.54, 1.807) is 6.07 Å². The quantitative estimate of drug-likeness (QED) is 0.785. The minimum atomic E-state index is -3.69. The average molecular weight is 325 g/mol. The molecule has 6 heteroatoms. The number of nitrogens with zero attached hydrogens (tertiary/aromatic N) is 1. The molecular weight excluding hydrogens is 314 g/mol. The summed E-state index contributed by atoms with van der Waals surface area (Å²) >= 11 is 3.25. The van der Waals surface area contributed by atoms with Crippen LogP contribution in [0.5, 0.6) is 0 Å². The first kappa shape index (κ1) is 12.2. The number of likely N-dealkylation sites (N-methyl/N-ethyl adjacent to an activating group) is 1. The molecule has 0 bridgehead atoms. The van der Waals surface area contributed by atoms with Gasteiger partial charge in [0.1, 0.15) is 0 Å². The van der Waals surface area contributed by atoms with E-state index in [1.807, 2.05) is 13.0 Å². The van der Waals surface area contributed by atoms with Gasteiger partial charge in [-0.2, -0.15) is 0 Å². The van der Waals surface area contributed by atoms with Crippen molar-refractivity contribution < 1.29 is 8.42 Å². The fraction of sp³-hybridized carbons (Fsp3) is 0.400. The highest BCUT2D eigenvalue weighted by atomic mass is 79.9. The van der Waals surface area contributed by atoms with Crippen molar-refractivity contribution in [3.05, 3.63) is 22.2 Å². The first-order valence-electron chi connectivity index (χ1n) is 4.95. The molecular formula is C10H11BrClNO2S. The van der Waals surface area contributed by atoms with E-state index in [2.05, 4.69) is 20.8 Å². The Morgan fingerprint density at radius 1 is 1.50 bits per heavy atom. The molecule has 0 saturated carbocycles. The zero-order chi connectivity index (χ0) is 11.9. The molecule has 0 aliphatic carbocycles. The second kappa shape index (κ2) is 4.20. The molecule has 3 nitrogen and oxygen atoms in total. The van der Waals surface area contributed by atoms with E-state index in [1.165, 1.54) is 0 Å². The standard InChI is InChI=1S/C10H11BrClNO2S/c1-2-13-4-3-7-5-8(11)10(6-9(7)13)16(12,14)15/h5-6H,2-4H2,1H3. The van der Waals surface area contributed by atoms with Crippen molar-refractivity contribution in [2.45, 2.75) is 18.2 Å². The van der Waals surface area contributed by atoms with Gasteiger partial charge in [-0.25, -0.2) is 8.42 Å². The zero-order valence-electron chi connectivity index (χ0n) is 8.70. The van der Waals surface area contributed by atoms with Crippen molar-refractivity contribution in [1.29, 1.82) is 0 Å². The summed E-state index contributed by atoms with van der Waals surface area (Å²) in [5, 5.41) is 0. The van der Waals surface area contributed by atoms with Gasteiger partial charge in [0, 0.05) is 33.9 Å². The Morgan fingerprint density at radius 2 is 2.19 bits per heavy atom. The highest BCUT2D eigenvalue weighted by Crippen LogP contribution is 2.36. The number of rotatable bonds is 2. The molecule has 1 aromatic rings. The number of anilines is 1. The topological polar surface area (TPSA) is 37.4 Å². The van der Waals surface area contributed by atoms with Crippen molar-refractivity contribution in [3.8, 4) is 0 Å². The van der Waals surface area contributed by atoms with E-state index in [-0.39, 0.29) is 4.90 Å². The third kappa shape index (κ3) is 2.08. The molecule has 1 aliphatic rings. The smallest absolute Gasteiger partial charge is 0.262 e. The van der Waals surface area contributed by atoms with Gasteiger partial charge in [0.25, 0.3) is 9.05 Å². The van der Waals surface area contributed by atoms with Crippen molar-refractivity contribution in [1.82, 2.24) is 0 Å². The van der Waals surface area contributed by atoms with E-state index in [9.17, 15) is 8.42 Å². The molecule has 2 rings (SSSR count). The molecule has 0 radical (unpaired) electrons. The van der Waals surface area contributed by atoms with Crippen LogP contribution in [0.4, 0.5) is 5.69 Å². The molecule has 0 atom stereocenters. The Bertz CT molecular complexity index is 530. The van der Waals surface area contributed by atoms with Gasteiger partial charge >= 0.3 is 0 Å². The summed E-state index contributed by atoms with van der Waals surface area (Å²) in [6, 6.07) is 3.50. The molecule has 0 saturated heterocycles. The summed E-state index contributed by atoms with van der Waals surface area (Å²) in [7, 11) is 1.69. The largest absolute Gasteiger partial charge is 0.371 e. The van der Waals surface area contributed by atoms with Crippen LogP contribution < -0.4 is 4.90 Å². The van der Waals surface area contributed by atoms with Crippen molar-refractivity contribution in [3.63, 3.8) is 0 Å². The lowest BCUT2D eigenvalue weighted by molar-refractivity contribution is 0.609.